The summed E-state index contributed by atoms with van der Waals surface area (Å²) in [5, 5.41) is 11.3. The molecular formula is C12H14F3NO2. The lowest BCUT2D eigenvalue weighted by Crippen LogP contribution is -2.27. The number of hydrogen-bond donors (Lipinski definition) is 2. The van der Waals surface area contributed by atoms with Gasteiger partial charge in [0.15, 0.2) is 0 Å². The summed E-state index contributed by atoms with van der Waals surface area (Å²) in [5.74, 6) is -4.48. The van der Waals surface area contributed by atoms with E-state index in [1.54, 1.807) is 6.92 Å². The van der Waals surface area contributed by atoms with Crippen LogP contribution in [-0.4, -0.2) is 23.7 Å². The summed E-state index contributed by atoms with van der Waals surface area (Å²) in [6.45, 7) is 1.78. The van der Waals surface area contributed by atoms with E-state index in [0.29, 0.717) is 25.0 Å². The quantitative estimate of drug-likeness (QED) is 0.796. The van der Waals surface area contributed by atoms with Gasteiger partial charge in [-0.25, -0.2) is 13.2 Å². The Labute approximate surface area is 103 Å². The smallest absolute Gasteiger partial charge is 0.257 e. The maximum Gasteiger partial charge on any atom is 0.257 e. The molecule has 0 aromatic heterocycles. The Balaban J connectivity index is 2.62. The SMILES string of the molecule is CC(O)CCCNC(=O)c1c(F)cc(F)cc1F. The molecule has 100 valence electrons. The van der Waals surface area contributed by atoms with Crippen LogP contribution in [0.3, 0.4) is 0 Å². The molecule has 0 saturated carbocycles. The summed E-state index contributed by atoms with van der Waals surface area (Å²) in [7, 11) is 0. The van der Waals surface area contributed by atoms with Gasteiger partial charge in [0.05, 0.1) is 6.10 Å². The van der Waals surface area contributed by atoms with Gasteiger partial charge in [0, 0.05) is 18.7 Å². The normalized spacial score (nSPS) is 12.3. The Morgan fingerprint density at radius 3 is 2.39 bits per heavy atom. The van der Waals surface area contributed by atoms with Crippen LogP contribution in [0.25, 0.3) is 0 Å². The van der Waals surface area contributed by atoms with E-state index < -0.39 is 35.0 Å². The van der Waals surface area contributed by atoms with E-state index in [2.05, 4.69) is 5.32 Å². The van der Waals surface area contributed by atoms with Crippen LogP contribution in [0.5, 0.6) is 0 Å². The first-order chi connectivity index (χ1) is 8.41. The minimum atomic E-state index is -1.24. The zero-order valence-corrected chi connectivity index (χ0v) is 9.84. The molecule has 18 heavy (non-hydrogen) atoms. The lowest BCUT2D eigenvalue weighted by atomic mass is 10.1. The average molecular weight is 261 g/mol. The molecule has 0 spiro atoms. The van der Waals surface area contributed by atoms with E-state index in [-0.39, 0.29) is 6.54 Å². The first-order valence-electron chi connectivity index (χ1n) is 5.52. The van der Waals surface area contributed by atoms with Crippen LogP contribution >= 0.6 is 0 Å². The number of hydrogen-bond acceptors (Lipinski definition) is 2. The summed E-state index contributed by atoms with van der Waals surface area (Å²) < 4.78 is 39.1. The van der Waals surface area contributed by atoms with Crippen LogP contribution < -0.4 is 5.32 Å². The fraction of sp³-hybridized carbons (Fsp3) is 0.417. The van der Waals surface area contributed by atoms with Gasteiger partial charge in [0.1, 0.15) is 23.0 Å². The molecule has 2 N–H and O–H groups in total. The van der Waals surface area contributed by atoms with Crippen molar-refractivity contribution in [3.8, 4) is 0 Å². The molecule has 1 rings (SSSR count). The van der Waals surface area contributed by atoms with Crippen LogP contribution in [0.4, 0.5) is 13.2 Å². The highest BCUT2D eigenvalue weighted by atomic mass is 19.1. The largest absolute Gasteiger partial charge is 0.393 e. The summed E-state index contributed by atoms with van der Waals surface area (Å²) in [6, 6.07) is 0.904. The predicted molar refractivity (Wildman–Crippen MR) is 59.6 cm³/mol. The topological polar surface area (TPSA) is 49.3 Å². The highest BCUT2D eigenvalue weighted by molar-refractivity contribution is 5.94. The molecule has 0 fully saturated rings. The second kappa shape index (κ2) is 6.39. The van der Waals surface area contributed by atoms with Gasteiger partial charge in [-0.15, -0.1) is 0 Å². The number of benzene rings is 1. The second-order valence-electron chi connectivity index (χ2n) is 3.99. The first-order valence-corrected chi connectivity index (χ1v) is 5.52. The fourth-order valence-corrected chi connectivity index (χ4v) is 1.45. The van der Waals surface area contributed by atoms with Gasteiger partial charge in [0.25, 0.3) is 5.91 Å². The molecule has 0 aliphatic heterocycles. The van der Waals surface area contributed by atoms with Gasteiger partial charge in [0.2, 0.25) is 0 Å². The molecule has 0 radical (unpaired) electrons. The highest BCUT2D eigenvalue weighted by Crippen LogP contribution is 2.14. The minimum absolute atomic E-state index is 0.181. The molecule has 1 aromatic carbocycles. The molecule has 1 atom stereocenters. The molecule has 0 heterocycles. The molecule has 0 bridgehead atoms. The van der Waals surface area contributed by atoms with E-state index in [4.69, 9.17) is 5.11 Å². The number of halogens is 3. The van der Waals surface area contributed by atoms with E-state index in [1.165, 1.54) is 0 Å². The lowest BCUT2D eigenvalue weighted by Gasteiger charge is -2.08. The summed E-state index contributed by atoms with van der Waals surface area (Å²) in [4.78, 5) is 11.5. The maximum atomic E-state index is 13.2. The van der Waals surface area contributed by atoms with E-state index in [0.717, 1.165) is 0 Å². The highest BCUT2D eigenvalue weighted by Gasteiger charge is 2.18. The van der Waals surface area contributed by atoms with Crippen molar-refractivity contribution in [2.45, 2.75) is 25.9 Å². The third-order valence-corrected chi connectivity index (χ3v) is 2.32. The molecule has 0 saturated heterocycles. The maximum absolute atomic E-state index is 13.2. The Bertz CT molecular complexity index is 412. The predicted octanol–water partition coefficient (Wildman–Crippen LogP) is 1.99. The zero-order chi connectivity index (χ0) is 13.7. The molecule has 0 aliphatic carbocycles. The number of rotatable bonds is 5. The van der Waals surface area contributed by atoms with Crippen molar-refractivity contribution in [3.05, 3.63) is 35.1 Å². The molecule has 1 amide bonds. The minimum Gasteiger partial charge on any atom is -0.393 e. The van der Waals surface area contributed by atoms with Crippen LogP contribution in [0.2, 0.25) is 0 Å². The van der Waals surface area contributed by atoms with Gasteiger partial charge in [-0.05, 0) is 19.8 Å². The standard InChI is InChI=1S/C12H14F3NO2/c1-7(17)3-2-4-16-12(18)11-9(14)5-8(13)6-10(11)15/h5-7,17H,2-4H2,1H3,(H,16,18). The molecule has 1 unspecified atom stereocenters. The van der Waals surface area contributed by atoms with E-state index in [9.17, 15) is 18.0 Å². The average Bonchev–Trinajstić information content (AvgIpc) is 2.22. The van der Waals surface area contributed by atoms with Crippen molar-refractivity contribution in [3.63, 3.8) is 0 Å². The van der Waals surface area contributed by atoms with Crippen molar-refractivity contribution in [2.24, 2.45) is 0 Å². The van der Waals surface area contributed by atoms with Gasteiger partial charge >= 0.3 is 0 Å². The summed E-state index contributed by atoms with van der Waals surface area (Å²) in [6.07, 6.45) is 0.448. The third kappa shape index (κ3) is 4.03. The van der Waals surface area contributed by atoms with Crippen LogP contribution in [0, 0.1) is 17.5 Å². The van der Waals surface area contributed by atoms with E-state index in [1.807, 2.05) is 0 Å². The fourth-order valence-electron chi connectivity index (χ4n) is 1.45. The summed E-state index contributed by atoms with van der Waals surface area (Å²) in [5.41, 5.74) is -0.798. The van der Waals surface area contributed by atoms with Crippen molar-refractivity contribution in [1.82, 2.24) is 5.32 Å². The Hall–Kier alpha value is -1.56. The number of carbonyl (C=O) groups excluding carboxylic acids is 1. The molecular weight excluding hydrogens is 247 g/mol. The van der Waals surface area contributed by atoms with Crippen molar-refractivity contribution in [2.75, 3.05) is 6.54 Å². The Morgan fingerprint density at radius 2 is 1.89 bits per heavy atom. The Morgan fingerprint density at radius 1 is 1.33 bits per heavy atom. The second-order valence-corrected chi connectivity index (χ2v) is 3.99. The Kier molecular flexibility index (Phi) is 5.15. The molecule has 3 nitrogen and oxygen atoms in total. The molecule has 6 heteroatoms. The number of aliphatic hydroxyl groups is 1. The zero-order valence-electron chi connectivity index (χ0n) is 9.84. The molecule has 1 aromatic rings. The number of nitrogens with one attached hydrogen (secondary N) is 1. The van der Waals surface area contributed by atoms with Gasteiger partial charge in [-0.2, -0.15) is 0 Å². The van der Waals surface area contributed by atoms with Crippen LogP contribution in [0.1, 0.15) is 30.1 Å². The number of carbonyl (C=O) groups is 1. The molecule has 0 aliphatic rings. The summed E-state index contributed by atoms with van der Waals surface area (Å²) >= 11 is 0. The van der Waals surface area contributed by atoms with Crippen LogP contribution in [-0.2, 0) is 0 Å². The van der Waals surface area contributed by atoms with Crippen molar-refractivity contribution in [1.29, 1.82) is 0 Å². The van der Waals surface area contributed by atoms with Gasteiger partial charge in [-0.1, -0.05) is 0 Å². The monoisotopic (exact) mass is 261 g/mol. The van der Waals surface area contributed by atoms with Crippen molar-refractivity contribution >= 4 is 5.91 Å². The lowest BCUT2D eigenvalue weighted by molar-refractivity contribution is 0.0941. The van der Waals surface area contributed by atoms with Gasteiger partial charge in [-0.3, -0.25) is 4.79 Å². The third-order valence-electron chi connectivity index (χ3n) is 2.32. The van der Waals surface area contributed by atoms with Gasteiger partial charge < -0.3 is 10.4 Å². The van der Waals surface area contributed by atoms with Crippen LogP contribution in [0.15, 0.2) is 12.1 Å². The number of amides is 1. The van der Waals surface area contributed by atoms with Crippen molar-refractivity contribution < 1.29 is 23.1 Å². The number of aliphatic hydroxyl groups excluding tert-OH is 1. The first kappa shape index (κ1) is 14.5. The van der Waals surface area contributed by atoms with E-state index >= 15 is 0 Å².